The van der Waals surface area contributed by atoms with Gasteiger partial charge in [0, 0.05) is 0 Å². The van der Waals surface area contributed by atoms with E-state index in [2.05, 4.69) is 51.7 Å². The summed E-state index contributed by atoms with van der Waals surface area (Å²) >= 11 is 0. The SMILES string of the molecule is O=P([O-])([O-])OP(=O)([O-])OP(=O)([O-])OP(=O)([O-])OP(=O)([O-])[O-].O=P([O-])([O-])OP(=O)([O-])OP(=O)([O-])OP(=O)([O-])OP(=O)([O-])[O-].O=P([O-])([O-])OP(=O)([O-])OP(=O)([O-])OP(=O)([O-])OP(=O)([O-])[O-].[Ce+3].[Ce+3].[Ce+3].[Ce+3].[Ce+3].[Ce+3].[Ce+3]. The van der Waals surface area contributed by atoms with Gasteiger partial charge in [0.2, 0.25) is 0 Å². The molecule has 6 unspecified atom stereocenters. The normalized spacial score (nSPS) is 19.8. The third-order valence-corrected chi connectivity index (χ3v) is 21.6. The summed E-state index contributed by atoms with van der Waals surface area (Å²) in [5.74, 6) is 0. The van der Waals surface area contributed by atoms with E-state index in [1.54, 1.807) is 0 Å². The van der Waals surface area contributed by atoms with Gasteiger partial charge in [0.1, 0.15) is 0 Å². The molecule has 7 radical (unpaired) electrons. The topological polar surface area (TPSA) is 851 Å². The molecule has 0 aliphatic heterocycles. The van der Waals surface area contributed by atoms with Crippen LogP contribution in [0.2, 0.25) is 0 Å². The molecule has 70 heavy (non-hydrogen) atoms. The summed E-state index contributed by atoms with van der Waals surface area (Å²) in [7, 11) is -96.2. The molecule has 0 aliphatic rings. The molecule has 48 nitrogen and oxygen atoms in total. The summed E-state index contributed by atoms with van der Waals surface area (Å²) in [6, 6.07) is 0. The van der Waals surface area contributed by atoms with Gasteiger partial charge in [0.25, 0.3) is 70.4 Å². The molecule has 0 aromatic heterocycles. The van der Waals surface area contributed by atoms with Crippen molar-refractivity contribution in [3.8, 4) is 0 Å². The number of phosphoric acid groups is 15. The molecule has 0 heterocycles. The fraction of sp³-hybridized carbons (Fsp3) is 0. The molecule has 0 saturated carbocycles. The Bertz CT molecular complexity index is 1930. The van der Waals surface area contributed by atoms with E-state index in [0.29, 0.717) is 0 Å². The van der Waals surface area contributed by atoms with Crippen LogP contribution in [-0.4, -0.2) is 0 Å². The predicted molar refractivity (Wildman–Crippen MR) is 127 cm³/mol. The van der Waals surface area contributed by atoms with Gasteiger partial charge in [-0.15, -0.1) is 0 Å². The summed E-state index contributed by atoms with van der Waals surface area (Å²) in [5.41, 5.74) is 0. The Labute approximate surface area is 619 Å². The molecule has 0 aromatic rings. The molecule has 0 amide bonds. The van der Waals surface area contributed by atoms with Crippen LogP contribution in [0.25, 0.3) is 0 Å². The van der Waals surface area contributed by atoms with Gasteiger partial charge in [0.05, 0.1) is 46.9 Å². The molecule has 0 spiro atoms. The van der Waals surface area contributed by atoms with E-state index < -0.39 is 117 Å². The second kappa shape index (κ2) is 39.7. The zero-order chi connectivity index (χ0) is 52.0. The van der Waals surface area contributed by atoms with E-state index in [-0.39, 0.29) is 292 Å². The Morgan fingerprint density at radius 3 is 0.257 bits per heavy atom. The van der Waals surface area contributed by atoms with E-state index in [0.717, 1.165) is 0 Å². The van der Waals surface area contributed by atoms with Crippen molar-refractivity contribution in [2.24, 2.45) is 0 Å². The van der Waals surface area contributed by atoms with E-state index in [1.807, 2.05) is 0 Å². The minimum Gasteiger partial charge on any atom is -0.790 e. The van der Waals surface area contributed by atoms with Crippen LogP contribution < -0.4 is 103 Å². The molecular weight excluding hydrogens is 2210 g/mol. The molecule has 0 saturated heterocycles. The van der Waals surface area contributed by atoms with Crippen molar-refractivity contribution in [1.29, 1.82) is 0 Å². The van der Waals surface area contributed by atoms with Gasteiger partial charge in [-0.3, -0.25) is 66.9 Å². The molecule has 0 bridgehead atoms. The van der Waals surface area contributed by atoms with E-state index >= 15 is 0 Å². The smallest absolute Gasteiger partial charge is 0.790 e. The second-order valence-electron chi connectivity index (χ2n) is 7.69. The monoisotopic (exact) mass is 2210 g/mol. The molecule has 70 heteroatoms. The third kappa shape index (κ3) is 70.5. The number of rotatable bonds is 24. The summed E-state index contributed by atoms with van der Waals surface area (Å²) in [6.07, 6.45) is 0. The largest absolute Gasteiger partial charge is 3.00 e. The van der Waals surface area contributed by atoms with Crippen LogP contribution in [-0.2, 0) is 120 Å². The summed E-state index contributed by atoms with van der Waals surface area (Å²) in [6.45, 7) is 0. The van der Waals surface area contributed by atoms with Gasteiger partial charge in [-0.2, -0.15) is 0 Å². The van der Waals surface area contributed by atoms with Gasteiger partial charge in [-0.1, -0.05) is 0 Å². The maximum absolute atomic E-state index is 10.7. The van der Waals surface area contributed by atoms with Crippen molar-refractivity contribution in [2.75, 3.05) is 0 Å². The zero-order valence-electron chi connectivity index (χ0n) is 29.8. The predicted octanol–water partition coefficient (Wildman–Crippen LogP) is -14.7. The van der Waals surface area contributed by atoms with Crippen LogP contribution in [0.5, 0.6) is 0 Å². The van der Waals surface area contributed by atoms with E-state index in [9.17, 15) is 171 Å². The minimum absolute atomic E-state index is 0. The van der Waals surface area contributed by atoms with E-state index in [1.165, 1.54) is 0 Å². The van der Waals surface area contributed by atoms with Crippen LogP contribution in [0, 0.1) is 292 Å². The van der Waals surface area contributed by atoms with Crippen LogP contribution in [0.3, 0.4) is 0 Å². The standard InChI is InChI=1S/7Ce.3H7O16P5/c;;;;;;;3*1-17(2,3)13-19(7,8)15-21(11,12)16-20(9,10)14-18(4,5)6/h;;;;;;;3*(H,7,8)(H,9,10)(H,11,12)(H2,1,2,3)(H2,4,5,6)/q7*+3;;;/p-21. The van der Waals surface area contributed by atoms with Crippen molar-refractivity contribution in [2.45, 2.75) is 0 Å². The molecular formula is Ce7O48P15. The third-order valence-electron chi connectivity index (χ3n) is 2.40. The summed E-state index contributed by atoms with van der Waals surface area (Å²) in [4.78, 5) is 215. The molecule has 6 atom stereocenters. The Kier molecular flexibility index (Phi) is 58.7. The van der Waals surface area contributed by atoms with Crippen LogP contribution in [0.4, 0.5) is 0 Å². The Balaban J connectivity index is -0.0000000918. The Hall–Kier alpha value is 11.8. The van der Waals surface area contributed by atoms with E-state index in [4.69, 9.17) is 0 Å². The quantitative estimate of drug-likeness (QED) is 0.0810. The first-order valence-electron chi connectivity index (χ1n) is 11.0. The van der Waals surface area contributed by atoms with Crippen molar-refractivity contribution < 1.29 is 515 Å². The molecule has 0 aliphatic carbocycles. The number of hydrogen-bond acceptors (Lipinski definition) is 48. The minimum atomic E-state index is -6.56. The molecule has 0 N–H and O–H groups in total. The van der Waals surface area contributed by atoms with Crippen LogP contribution in [0.15, 0.2) is 0 Å². The Morgan fingerprint density at radius 1 is 0.143 bits per heavy atom. The summed E-state index contributed by atoms with van der Waals surface area (Å²) < 4.78 is 188. The second-order valence-corrected chi connectivity index (χ2v) is 28.9. The molecule has 391 valence electrons. The van der Waals surface area contributed by atoms with Crippen LogP contribution in [0.1, 0.15) is 0 Å². The average molecular weight is 2210 g/mol. The first-order chi connectivity index (χ1) is 26.5. The fourth-order valence-electron chi connectivity index (χ4n) is 1.60. The molecule has 0 rings (SSSR count). The maximum atomic E-state index is 10.7. The summed E-state index contributed by atoms with van der Waals surface area (Å²) in [5, 5.41) is 0. The maximum Gasteiger partial charge on any atom is 3.00 e. The van der Waals surface area contributed by atoms with Gasteiger partial charge in [-0.05, 0) is 0 Å². The Morgan fingerprint density at radius 2 is 0.200 bits per heavy atom. The zero-order valence-corrected chi connectivity index (χ0v) is 65.2. The number of hydrogen-bond donors (Lipinski definition) is 0. The molecule has 0 fully saturated rings. The van der Waals surface area contributed by atoms with Crippen molar-refractivity contribution in [3.63, 3.8) is 0 Å². The van der Waals surface area contributed by atoms with Crippen LogP contribution >= 0.6 is 117 Å². The van der Waals surface area contributed by atoms with Crippen molar-refractivity contribution in [3.05, 3.63) is 0 Å². The van der Waals surface area contributed by atoms with Gasteiger partial charge < -0.3 is 130 Å². The first-order valence-corrected chi connectivity index (χ1v) is 32.9. The average Bonchev–Trinajstić information content (AvgIpc) is 2.68. The van der Waals surface area contributed by atoms with Crippen molar-refractivity contribution in [1.82, 2.24) is 0 Å². The first kappa shape index (κ1) is 104. The van der Waals surface area contributed by atoms with Gasteiger partial charge >= 0.3 is 292 Å². The van der Waals surface area contributed by atoms with Gasteiger partial charge in [0.15, 0.2) is 0 Å². The van der Waals surface area contributed by atoms with Crippen molar-refractivity contribution >= 4 is 117 Å². The van der Waals surface area contributed by atoms with Gasteiger partial charge in [-0.25, -0.2) is 25.9 Å². The molecule has 0 aromatic carbocycles. The fourth-order valence-corrected chi connectivity index (χ4v) is 16.8.